The van der Waals surface area contributed by atoms with Crippen molar-refractivity contribution < 1.29 is 46.5 Å². The predicted octanol–water partition coefficient (Wildman–Crippen LogP) is 17.3. The first-order valence-electron chi connectivity index (χ1n) is 37.1. The number of ether oxygens (including phenoxy) is 4. The van der Waals surface area contributed by atoms with Gasteiger partial charge in [-0.05, 0) is 165 Å². The molecule has 27 heteroatoms. The molecule has 12 heterocycles. The molecule has 113 heavy (non-hydrogen) atoms. The number of hydrogen-bond donors (Lipinski definition) is 2. The molecule has 0 radical (unpaired) electrons. The molecule has 580 valence electrons. The summed E-state index contributed by atoms with van der Waals surface area (Å²) in [5.74, 6) is 1.20. The molecule has 3 N–H and O–H groups in total. The minimum Gasteiger partial charge on any atom is -0.497 e. The molecule has 3 saturated heterocycles. The average Bonchev–Trinajstić information content (AvgIpc) is 1.65. The van der Waals surface area contributed by atoms with Crippen LogP contribution in [-0.4, -0.2) is 125 Å². The van der Waals surface area contributed by atoms with Gasteiger partial charge < -0.3 is 54.5 Å². The topological polar surface area (TPSA) is 220 Å². The van der Waals surface area contributed by atoms with Crippen LogP contribution in [0, 0.1) is 17.5 Å². The average molecular weight is 1610 g/mol. The molecule has 3 fully saturated rings. The molecule has 0 spiro atoms. The fraction of sp³-hybridized carbons (Fsp3) is 0.267. The molecule has 3 amide bonds. The summed E-state index contributed by atoms with van der Waals surface area (Å²) >= 11 is 25.2. The number of halogens is 7. The van der Waals surface area contributed by atoms with Gasteiger partial charge in [0.25, 0.3) is 17.7 Å². The summed E-state index contributed by atoms with van der Waals surface area (Å²) in [7, 11) is 6.31. The van der Waals surface area contributed by atoms with Gasteiger partial charge in [-0.15, -0.1) is 0 Å². The van der Waals surface area contributed by atoms with Crippen molar-refractivity contribution in [1.82, 2.24) is 45.0 Å². The third-order valence-electron chi connectivity index (χ3n) is 20.6. The van der Waals surface area contributed by atoms with Crippen LogP contribution in [0.15, 0.2) is 164 Å². The zero-order chi connectivity index (χ0) is 79.0. The van der Waals surface area contributed by atoms with Gasteiger partial charge in [0.05, 0.1) is 184 Å². The second kappa shape index (κ2) is 35.2. The van der Waals surface area contributed by atoms with Gasteiger partial charge in [0.2, 0.25) is 0 Å². The van der Waals surface area contributed by atoms with Crippen molar-refractivity contribution in [1.29, 1.82) is 0 Å². The van der Waals surface area contributed by atoms with Crippen molar-refractivity contribution in [2.45, 2.75) is 84.1 Å². The molecule has 6 aliphatic heterocycles. The zero-order valence-electron chi connectivity index (χ0n) is 62.5. The lowest BCUT2D eigenvalue weighted by molar-refractivity contribution is 0.0757. The van der Waals surface area contributed by atoms with Crippen molar-refractivity contribution in [2.75, 3.05) is 88.1 Å². The molecule has 6 aromatic heterocycles. The number of pyridine rings is 6. The Balaban J connectivity index is 0.000000132. The van der Waals surface area contributed by atoms with E-state index in [-0.39, 0.29) is 62.6 Å². The molecule has 6 aliphatic rings. The molecular weight excluding hydrogens is 1530 g/mol. The van der Waals surface area contributed by atoms with Crippen molar-refractivity contribution in [3.05, 3.63) is 269 Å². The number of carbonyl (C=O) groups is 3. The van der Waals surface area contributed by atoms with E-state index in [2.05, 4.69) is 52.1 Å². The number of amides is 3. The van der Waals surface area contributed by atoms with Crippen LogP contribution in [0.3, 0.4) is 0 Å². The van der Waals surface area contributed by atoms with Crippen LogP contribution >= 0.6 is 46.4 Å². The van der Waals surface area contributed by atoms with E-state index in [1.807, 2.05) is 61.1 Å². The Morgan fingerprint density at radius 2 is 0.814 bits per heavy atom. The normalized spacial score (nSPS) is 14.5. The van der Waals surface area contributed by atoms with Crippen molar-refractivity contribution in [3.63, 3.8) is 0 Å². The van der Waals surface area contributed by atoms with E-state index < -0.39 is 17.5 Å². The van der Waals surface area contributed by atoms with Gasteiger partial charge in [-0.25, -0.2) is 33.1 Å². The molecule has 0 unspecified atom stereocenters. The predicted molar refractivity (Wildman–Crippen MR) is 433 cm³/mol. The Morgan fingerprint density at radius 3 is 1.21 bits per heavy atom. The minimum atomic E-state index is -0.504. The van der Waals surface area contributed by atoms with Crippen LogP contribution < -0.4 is 44.7 Å². The number of nitrogens with zero attached hydrogens (tertiary/aromatic N) is 11. The largest absolute Gasteiger partial charge is 0.497 e. The van der Waals surface area contributed by atoms with E-state index in [4.69, 9.17) is 81.1 Å². The van der Waals surface area contributed by atoms with E-state index in [1.165, 1.54) is 74.5 Å². The lowest BCUT2D eigenvalue weighted by atomic mass is 9.99. The Hall–Kier alpha value is -11.2. The van der Waals surface area contributed by atoms with Crippen molar-refractivity contribution in [2.24, 2.45) is 0 Å². The van der Waals surface area contributed by atoms with Crippen LogP contribution in [0.1, 0.15) is 120 Å². The number of anilines is 4. The lowest BCUT2D eigenvalue weighted by Gasteiger charge is -2.18. The fourth-order valence-corrected chi connectivity index (χ4v) is 16.0. The van der Waals surface area contributed by atoms with Crippen LogP contribution in [0.5, 0.6) is 23.0 Å². The Morgan fingerprint density at radius 1 is 0.416 bits per heavy atom. The number of rotatable bonds is 18. The smallest absolute Gasteiger partial charge is 0.257 e. The number of nitrogens with one attached hydrogen (secondary N) is 1. The minimum absolute atomic E-state index is 0.139. The number of benzene rings is 5. The maximum absolute atomic E-state index is 15.0. The number of nitrogens with two attached hydrogens (primary N) is 1. The van der Waals surface area contributed by atoms with Gasteiger partial charge in [-0.3, -0.25) is 24.4 Å². The van der Waals surface area contributed by atoms with E-state index in [9.17, 15) is 27.6 Å². The molecule has 0 aliphatic carbocycles. The first kappa shape index (κ1) is 78.4. The highest BCUT2D eigenvalue weighted by Gasteiger charge is 2.36. The second-order valence-electron chi connectivity index (χ2n) is 27.8. The number of methoxy groups -OCH3 is 4. The summed E-state index contributed by atoms with van der Waals surface area (Å²) in [6, 6.07) is 41.5. The highest BCUT2D eigenvalue weighted by molar-refractivity contribution is 6.35. The van der Waals surface area contributed by atoms with E-state index in [1.54, 1.807) is 98.9 Å². The van der Waals surface area contributed by atoms with Gasteiger partial charge >= 0.3 is 0 Å². The van der Waals surface area contributed by atoms with Crippen molar-refractivity contribution in [3.8, 4) is 56.8 Å². The number of fused-ring (bicyclic) bond motifs is 3. The zero-order valence-corrected chi connectivity index (χ0v) is 65.5. The second-order valence-corrected chi connectivity index (χ2v) is 29.5. The van der Waals surface area contributed by atoms with Crippen molar-refractivity contribution >= 4 is 87.0 Å². The molecule has 5 aromatic carbocycles. The Bertz CT molecular complexity index is 5310. The quantitative estimate of drug-likeness (QED) is 0.0815. The van der Waals surface area contributed by atoms with Gasteiger partial charge in [0, 0.05) is 86.8 Å². The summed E-state index contributed by atoms with van der Waals surface area (Å²) in [4.78, 5) is 76.7. The third-order valence-corrected chi connectivity index (χ3v) is 21.9. The first-order valence-corrected chi connectivity index (χ1v) is 38.6. The molecular formula is C86H80Cl4F3N13O7. The van der Waals surface area contributed by atoms with Gasteiger partial charge in [-0.2, -0.15) is 0 Å². The first-order chi connectivity index (χ1) is 54.8. The van der Waals surface area contributed by atoms with Gasteiger partial charge in [0.1, 0.15) is 46.3 Å². The number of aromatic nitrogens is 6. The van der Waals surface area contributed by atoms with E-state index in [0.717, 1.165) is 84.3 Å². The number of nitrogen functional groups attached to an aromatic ring is 1. The lowest BCUT2D eigenvalue weighted by Crippen LogP contribution is -2.24. The Labute approximate surface area is 672 Å². The maximum Gasteiger partial charge on any atom is 0.257 e. The molecule has 0 bridgehead atoms. The van der Waals surface area contributed by atoms with Crippen LogP contribution in [0.4, 0.5) is 36.1 Å². The van der Waals surface area contributed by atoms with Gasteiger partial charge in [-0.1, -0.05) is 64.6 Å². The SMILES string of the molecule is COc1ccc(CN2Cc3nc(-c4c(F)cccc4Cl)cc(Cc4ccc(N5CCCC5)cn4)c3C2=O)c(OC)c1.COc1ccc(CN2Cc3nc(-c4c(F)cccc4Cl)cc(Cl)c3C2=O)c(OC)c1.Nc1ccc(N2CCCC2)cn1.O=C1NCc2nc(-c3c(F)cccc3Cl)cc(Cc3ccc(N4CCCC4)cn3)c21. The summed E-state index contributed by atoms with van der Waals surface area (Å²) < 4.78 is 65.3. The molecule has 0 atom stereocenters. The summed E-state index contributed by atoms with van der Waals surface area (Å²) in [5, 5.41) is 3.80. The van der Waals surface area contributed by atoms with Gasteiger partial charge in [0.15, 0.2) is 0 Å². The molecule has 0 saturated carbocycles. The highest BCUT2D eigenvalue weighted by atomic mass is 35.5. The molecule has 20 nitrogen and oxygen atoms in total. The highest BCUT2D eigenvalue weighted by Crippen LogP contribution is 2.41. The number of carbonyl (C=O) groups excluding carboxylic acids is 3. The number of hydrogen-bond acceptors (Lipinski definition) is 17. The summed E-state index contributed by atoms with van der Waals surface area (Å²) in [6.07, 6.45) is 13.9. The van der Waals surface area contributed by atoms with Crippen LogP contribution in [0.25, 0.3) is 33.8 Å². The van der Waals surface area contributed by atoms with Crippen LogP contribution in [-0.2, 0) is 45.6 Å². The standard InChI is InChI=1S/C32H30ClFN4O3.C23H20ClFN4O.C22H17Cl2FN2O3.C9H13N3/c1-40-24-11-8-20(29(16-24)41-2)18-38-19-28-30(32(38)39)21(15-27(36-28)31-25(33)6-5-7-26(31)34)14-22-9-10-23(17-35-22)37-12-3-4-13-37;24-17-4-3-5-18(25)22(17)19-11-14(21-20(28-19)13-27-23(21)30)10-15-6-7-16(12-26-15)29-8-1-2-9-29;1-29-13-7-6-12(19(8-13)30-2)10-27-11-18-21(22(27)28)15(24)9-17(26-18)20-14(23)4-3-5-16(20)25;10-9-4-3-8(7-11-9)12-5-1-2-6-12/h5-11,15-17H,3-4,12-14,18-19H2,1-2H3;3-7,11-12H,1-2,8-10,13H2,(H,27,30);3-9H,10-11H2,1-2H3;3-4,7H,1-2,5-6H2,(H2,10,11). The fourth-order valence-electron chi connectivity index (χ4n) is 14.9. The van der Waals surface area contributed by atoms with E-state index in [0.29, 0.717) is 117 Å². The third kappa shape index (κ3) is 17.5. The summed E-state index contributed by atoms with van der Waals surface area (Å²) in [6.45, 7) is 7.97. The molecule has 11 aromatic rings. The monoisotopic (exact) mass is 1600 g/mol. The maximum atomic E-state index is 15.0. The Kier molecular flexibility index (Phi) is 24.4. The van der Waals surface area contributed by atoms with E-state index >= 15 is 0 Å². The summed E-state index contributed by atoms with van der Waals surface area (Å²) in [5.41, 5.74) is 18.5. The molecule has 17 rings (SSSR count). The van der Waals surface area contributed by atoms with Crippen LogP contribution in [0.2, 0.25) is 20.1 Å².